The van der Waals surface area contributed by atoms with Crippen LogP contribution in [0, 0.1) is 11.8 Å². The maximum absolute atomic E-state index is 12.1. The average Bonchev–Trinajstić information content (AvgIpc) is 2.95. The van der Waals surface area contributed by atoms with E-state index in [1.54, 1.807) is 6.20 Å². The van der Waals surface area contributed by atoms with E-state index < -0.39 is 5.97 Å². The number of hydrogen-bond donors (Lipinski definition) is 2. The zero-order valence-electron chi connectivity index (χ0n) is 11.6. The molecule has 2 N–H and O–H groups in total. The molecule has 1 fully saturated rings. The lowest BCUT2D eigenvalue weighted by atomic mass is 10.0. The Morgan fingerprint density at radius 3 is 2.80 bits per heavy atom. The van der Waals surface area contributed by atoms with E-state index in [1.165, 1.54) is 0 Å². The van der Waals surface area contributed by atoms with Crippen LogP contribution in [0.5, 0.6) is 0 Å². The van der Waals surface area contributed by atoms with Crippen molar-refractivity contribution in [2.45, 2.75) is 39.2 Å². The average molecular weight is 276 g/mol. The second-order valence-electron chi connectivity index (χ2n) is 5.23. The number of nitrogens with zero attached hydrogens (tertiary/aromatic N) is 1. The second kappa shape index (κ2) is 6.50. The first kappa shape index (κ1) is 14.5. The molecule has 0 aromatic carbocycles. The maximum atomic E-state index is 12.1. The molecule has 0 radical (unpaired) electrons. The number of aryl methyl sites for hydroxylation is 1. The van der Waals surface area contributed by atoms with E-state index in [9.17, 15) is 9.59 Å². The smallest absolute Gasteiger partial charge is 0.306 e. The van der Waals surface area contributed by atoms with Crippen LogP contribution in [-0.4, -0.2) is 22.0 Å². The summed E-state index contributed by atoms with van der Waals surface area (Å²) in [7, 11) is 0. The van der Waals surface area contributed by atoms with E-state index in [0.29, 0.717) is 25.8 Å². The van der Waals surface area contributed by atoms with Crippen LogP contribution in [0.2, 0.25) is 0 Å². The van der Waals surface area contributed by atoms with Crippen LogP contribution < -0.4 is 5.32 Å². The number of amides is 1. The molecule has 0 spiro atoms. The highest BCUT2D eigenvalue weighted by Crippen LogP contribution is 2.31. The molecule has 1 aromatic heterocycles. The zero-order chi connectivity index (χ0) is 14.5. The van der Waals surface area contributed by atoms with Crippen molar-refractivity contribution in [2.24, 2.45) is 11.8 Å². The molecular weight excluding hydrogens is 256 g/mol. The zero-order valence-corrected chi connectivity index (χ0v) is 11.6. The number of carbonyl (C=O) groups is 2. The van der Waals surface area contributed by atoms with Gasteiger partial charge < -0.3 is 10.4 Å². The van der Waals surface area contributed by atoms with E-state index in [-0.39, 0.29) is 17.7 Å². The quantitative estimate of drug-likeness (QED) is 0.859. The molecular formula is C15H20N2O3. The van der Waals surface area contributed by atoms with Gasteiger partial charge in [0.15, 0.2) is 0 Å². The van der Waals surface area contributed by atoms with E-state index in [4.69, 9.17) is 5.11 Å². The number of rotatable bonds is 5. The lowest BCUT2D eigenvalue weighted by Crippen LogP contribution is -2.30. The van der Waals surface area contributed by atoms with Crippen LogP contribution in [-0.2, 0) is 22.6 Å². The molecule has 1 aliphatic rings. The Bertz CT molecular complexity index is 502. The molecule has 1 aromatic rings. The molecule has 1 amide bonds. The number of hydrogen-bond acceptors (Lipinski definition) is 3. The minimum Gasteiger partial charge on any atom is -0.481 e. The Kier molecular flexibility index (Phi) is 4.71. The Labute approximate surface area is 118 Å². The van der Waals surface area contributed by atoms with Crippen molar-refractivity contribution in [3.8, 4) is 0 Å². The summed E-state index contributed by atoms with van der Waals surface area (Å²) >= 11 is 0. The van der Waals surface area contributed by atoms with Crippen molar-refractivity contribution in [3.63, 3.8) is 0 Å². The maximum Gasteiger partial charge on any atom is 0.306 e. The van der Waals surface area contributed by atoms with Gasteiger partial charge >= 0.3 is 5.97 Å². The van der Waals surface area contributed by atoms with Gasteiger partial charge in [0.25, 0.3) is 0 Å². The van der Waals surface area contributed by atoms with Crippen molar-refractivity contribution < 1.29 is 14.7 Å². The fraction of sp³-hybridized carbons (Fsp3) is 0.533. The van der Waals surface area contributed by atoms with Crippen LogP contribution in [0.4, 0.5) is 0 Å². The monoisotopic (exact) mass is 276 g/mol. The summed E-state index contributed by atoms with van der Waals surface area (Å²) in [6.07, 6.45) is 4.30. The molecule has 20 heavy (non-hydrogen) atoms. The highest BCUT2D eigenvalue weighted by molar-refractivity contribution is 5.80. The van der Waals surface area contributed by atoms with Crippen LogP contribution >= 0.6 is 0 Å². The molecule has 5 heteroatoms. The molecule has 108 valence electrons. The summed E-state index contributed by atoms with van der Waals surface area (Å²) in [5.41, 5.74) is 2.01. The van der Waals surface area contributed by atoms with E-state index in [2.05, 4.69) is 17.2 Å². The molecule has 1 heterocycles. The lowest BCUT2D eigenvalue weighted by Gasteiger charge is -2.12. The van der Waals surface area contributed by atoms with Gasteiger partial charge in [0.1, 0.15) is 0 Å². The molecule has 2 atom stereocenters. The molecule has 2 rings (SSSR count). The van der Waals surface area contributed by atoms with Gasteiger partial charge in [-0.15, -0.1) is 0 Å². The number of carbonyl (C=O) groups excluding carboxylic acids is 1. The van der Waals surface area contributed by atoms with Crippen LogP contribution in [0.25, 0.3) is 0 Å². The van der Waals surface area contributed by atoms with E-state index >= 15 is 0 Å². The minimum atomic E-state index is -0.793. The van der Waals surface area contributed by atoms with Crippen LogP contribution in [0.15, 0.2) is 18.3 Å². The van der Waals surface area contributed by atoms with Gasteiger partial charge in [-0.2, -0.15) is 0 Å². The Balaban J connectivity index is 1.88. The van der Waals surface area contributed by atoms with E-state index in [0.717, 1.165) is 17.7 Å². The molecule has 5 nitrogen and oxygen atoms in total. The van der Waals surface area contributed by atoms with Crippen molar-refractivity contribution in [3.05, 3.63) is 29.6 Å². The van der Waals surface area contributed by atoms with Gasteiger partial charge in [-0.05, 0) is 37.3 Å². The third-order valence-electron chi connectivity index (χ3n) is 3.95. The van der Waals surface area contributed by atoms with Gasteiger partial charge in [-0.3, -0.25) is 14.6 Å². The van der Waals surface area contributed by atoms with Gasteiger partial charge in [0.05, 0.1) is 18.2 Å². The third-order valence-corrected chi connectivity index (χ3v) is 3.95. The summed E-state index contributed by atoms with van der Waals surface area (Å²) in [5, 5.41) is 11.8. The standard InChI is InChI=1S/C15H20N2O3/c1-2-10-4-3-7-16-13(10)9-17-14(18)11-5-6-12(8-11)15(19)20/h3-4,7,11-12H,2,5-6,8-9H2,1H3,(H,17,18)(H,19,20). The highest BCUT2D eigenvalue weighted by Gasteiger charge is 2.33. The third kappa shape index (κ3) is 3.35. The van der Waals surface area contributed by atoms with Crippen LogP contribution in [0.3, 0.4) is 0 Å². The Morgan fingerprint density at radius 1 is 1.40 bits per heavy atom. The van der Waals surface area contributed by atoms with Crippen LogP contribution in [0.1, 0.15) is 37.4 Å². The Morgan fingerprint density at radius 2 is 2.15 bits per heavy atom. The van der Waals surface area contributed by atoms with Gasteiger partial charge in [-0.1, -0.05) is 13.0 Å². The van der Waals surface area contributed by atoms with Gasteiger partial charge in [0, 0.05) is 12.1 Å². The first-order valence-corrected chi connectivity index (χ1v) is 7.05. The molecule has 1 aliphatic carbocycles. The Hall–Kier alpha value is -1.91. The number of aromatic nitrogens is 1. The normalized spacial score (nSPS) is 21.6. The summed E-state index contributed by atoms with van der Waals surface area (Å²) in [6, 6.07) is 3.89. The number of pyridine rings is 1. The predicted octanol–water partition coefficient (Wildman–Crippen LogP) is 1.76. The van der Waals surface area contributed by atoms with Gasteiger partial charge in [-0.25, -0.2) is 0 Å². The summed E-state index contributed by atoms with van der Waals surface area (Å²) in [6.45, 7) is 2.47. The lowest BCUT2D eigenvalue weighted by molar-refractivity contribution is -0.141. The number of carboxylic acids is 1. The molecule has 0 aliphatic heterocycles. The van der Waals surface area contributed by atoms with E-state index in [1.807, 2.05) is 12.1 Å². The van der Waals surface area contributed by atoms with Gasteiger partial charge in [0.2, 0.25) is 5.91 Å². The molecule has 1 saturated carbocycles. The number of nitrogens with one attached hydrogen (secondary N) is 1. The topological polar surface area (TPSA) is 79.3 Å². The second-order valence-corrected chi connectivity index (χ2v) is 5.23. The molecule has 0 saturated heterocycles. The SMILES string of the molecule is CCc1cccnc1CNC(=O)C1CCC(C(=O)O)C1. The number of aliphatic carboxylic acids is 1. The fourth-order valence-corrected chi connectivity index (χ4v) is 2.71. The summed E-state index contributed by atoms with van der Waals surface area (Å²) < 4.78 is 0. The first-order chi connectivity index (χ1) is 9.61. The number of carboxylic acid groups (broad SMARTS) is 1. The molecule has 2 unspecified atom stereocenters. The van der Waals surface area contributed by atoms with Crippen molar-refractivity contribution >= 4 is 11.9 Å². The van der Waals surface area contributed by atoms with Crippen molar-refractivity contribution in [2.75, 3.05) is 0 Å². The molecule has 0 bridgehead atoms. The largest absolute Gasteiger partial charge is 0.481 e. The predicted molar refractivity (Wildman–Crippen MR) is 73.9 cm³/mol. The first-order valence-electron chi connectivity index (χ1n) is 7.05. The van der Waals surface area contributed by atoms with Crippen molar-refractivity contribution in [1.29, 1.82) is 0 Å². The fourth-order valence-electron chi connectivity index (χ4n) is 2.71. The summed E-state index contributed by atoms with van der Waals surface area (Å²) in [4.78, 5) is 27.2. The minimum absolute atomic E-state index is 0.0542. The van der Waals surface area contributed by atoms with Crippen molar-refractivity contribution in [1.82, 2.24) is 10.3 Å². The summed E-state index contributed by atoms with van der Waals surface area (Å²) in [5.74, 6) is -1.39. The highest BCUT2D eigenvalue weighted by atomic mass is 16.4.